The van der Waals surface area contributed by atoms with E-state index in [4.69, 9.17) is 17.3 Å². The standard InChI is InChI=1S/C13H13ClN2O2S/c14-11-3-7-13(8-4-11)19(17,18)16-9-10-1-5-12(15)6-2-10/h1-8,16H,9,15H2. The Morgan fingerprint density at radius 2 is 1.58 bits per heavy atom. The predicted molar refractivity (Wildman–Crippen MR) is 76.3 cm³/mol. The average molecular weight is 297 g/mol. The van der Waals surface area contributed by atoms with Crippen LogP contribution in [-0.2, 0) is 16.6 Å². The summed E-state index contributed by atoms with van der Waals surface area (Å²) in [5, 5.41) is 0.498. The van der Waals surface area contributed by atoms with Crippen LogP contribution in [0.15, 0.2) is 53.4 Å². The van der Waals surface area contributed by atoms with Gasteiger partial charge in [-0.15, -0.1) is 0 Å². The molecule has 0 amide bonds. The molecule has 100 valence electrons. The number of nitrogens with one attached hydrogen (secondary N) is 1. The SMILES string of the molecule is Nc1ccc(CNS(=O)(=O)c2ccc(Cl)cc2)cc1. The lowest BCUT2D eigenvalue weighted by Gasteiger charge is -2.07. The number of hydrogen-bond donors (Lipinski definition) is 2. The summed E-state index contributed by atoms with van der Waals surface area (Å²) in [6, 6.07) is 13.0. The van der Waals surface area contributed by atoms with Crippen molar-refractivity contribution >= 4 is 27.3 Å². The zero-order chi connectivity index (χ0) is 13.9. The highest BCUT2D eigenvalue weighted by Crippen LogP contribution is 2.14. The lowest BCUT2D eigenvalue weighted by Crippen LogP contribution is -2.23. The van der Waals surface area contributed by atoms with E-state index in [9.17, 15) is 8.42 Å². The molecule has 2 aromatic carbocycles. The third-order valence-corrected chi connectivity index (χ3v) is 4.24. The lowest BCUT2D eigenvalue weighted by molar-refractivity contribution is 0.581. The van der Waals surface area contributed by atoms with Gasteiger partial charge in [-0.1, -0.05) is 23.7 Å². The van der Waals surface area contributed by atoms with Gasteiger partial charge in [0.1, 0.15) is 0 Å². The van der Waals surface area contributed by atoms with Crippen LogP contribution in [-0.4, -0.2) is 8.42 Å². The van der Waals surface area contributed by atoms with Crippen molar-refractivity contribution in [2.24, 2.45) is 0 Å². The molecule has 0 spiro atoms. The minimum Gasteiger partial charge on any atom is -0.399 e. The van der Waals surface area contributed by atoms with Crippen molar-refractivity contribution in [2.45, 2.75) is 11.4 Å². The smallest absolute Gasteiger partial charge is 0.240 e. The van der Waals surface area contributed by atoms with Gasteiger partial charge >= 0.3 is 0 Å². The first-order valence-corrected chi connectivity index (χ1v) is 7.43. The predicted octanol–water partition coefficient (Wildman–Crippen LogP) is 2.40. The van der Waals surface area contributed by atoms with Gasteiger partial charge in [0.2, 0.25) is 10.0 Å². The fourth-order valence-corrected chi connectivity index (χ4v) is 2.65. The Morgan fingerprint density at radius 1 is 1.00 bits per heavy atom. The van der Waals surface area contributed by atoms with Gasteiger partial charge in [0.05, 0.1) is 4.90 Å². The van der Waals surface area contributed by atoms with Crippen LogP contribution >= 0.6 is 11.6 Å². The van der Waals surface area contributed by atoms with Crippen molar-refractivity contribution < 1.29 is 8.42 Å². The fraction of sp³-hybridized carbons (Fsp3) is 0.0769. The maximum Gasteiger partial charge on any atom is 0.240 e. The molecule has 0 radical (unpaired) electrons. The Balaban J connectivity index is 2.09. The van der Waals surface area contributed by atoms with Gasteiger partial charge in [0.15, 0.2) is 0 Å². The molecule has 0 saturated heterocycles. The molecule has 0 bridgehead atoms. The number of sulfonamides is 1. The van der Waals surface area contributed by atoms with E-state index in [2.05, 4.69) is 4.72 Å². The molecule has 2 aromatic rings. The Labute approximate surface area is 117 Å². The van der Waals surface area contributed by atoms with Gasteiger partial charge in [0.25, 0.3) is 0 Å². The maximum absolute atomic E-state index is 12.0. The van der Waals surface area contributed by atoms with Crippen LogP contribution in [0.25, 0.3) is 0 Å². The molecular weight excluding hydrogens is 284 g/mol. The number of halogens is 1. The van der Waals surface area contributed by atoms with Crippen molar-refractivity contribution in [2.75, 3.05) is 5.73 Å². The molecule has 0 aromatic heterocycles. The highest BCUT2D eigenvalue weighted by Gasteiger charge is 2.13. The molecule has 0 saturated carbocycles. The fourth-order valence-electron chi connectivity index (χ4n) is 1.51. The Hall–Kier alpha value is -1.56. The van der Waals surface area contributed by atoms with E-state index in [1.807, 2.05) is 0 Å². The van der Waals surface area contributed by atoms with Gasteiger partial charge in [0, 0.05) is 17.3 Å². The summed E-state index contributed by atoms with van der Waals surface area (Å²) < 4.78 is 26.5. The van der Waals surface area contributed by atoms with Crippen molar-refractivity contribution in [3.63, 3.8) is 0 Å². The third kappa shape index (κ3) is 3.70. The molecule has 2 rings (SSSR count). The second kappa shape index (κ2) is 5.61. The first kappa shape index (κ1) is 13.9. The monoisotopic (exact) mass is 296 g/mol. The summed E-state index contributed by atoms with van der Waals surface area (Å²) in [4.78, 5) is 0.187. The van der Waals surface area contributed by atoms with Crippen LogP contribution < -0.4 is 10.5 Å². The summed E-state index contributed by atoms with van der Waals surface area (Å²) in [7, 11) is -3.53. The number of nitrogen functional groups attached to an aromatic ring is 1. The van der Waals surface area contributed by atoms with E-state index < -0.39 is 10.0 Å². The molecule has 6 heteroatoms. The minimum absolute atomic E-state index is 0.187. The molecule has 0 aliphatic rings. The lowest BCUT2D eigenvalue weighted by atomic mass is 10.2. The van der Waals surface area contributed by atoms with Gasteiger partial charge in [-0.05, 0) is 42.0 Å². The van der Waals surface area contributed by atoms with Crippen molar-refractivity contribution in [3.8, 4) is 0 Å². The van der Waals surface area contributed by atoms with Crippen molar-refractivity contribution in [1.82, 2.24) is 4.72 Å². The van der Waals surface area contributed by atoms with E-state index >= 15 is 0 Å². The van der Waals surface area contributed by atoms with Gasteiger partial charge in [-0.25, -0.2) is 13.1 Å². The van der Waals surface area contributed by atoms with Crippen LogP contribution in [0.2, 0.25) is 5.02 Å². The number of nitrogens with two attached hydrogens (primary N) is 1. The number of rotatable bonds is 4. The van der Waals surface area contributed by atoms with Crippen LogP contribution in [0.1, 0.15) is 5.56 Å². The molecule has 0 fully saturated rings. The van der Waals surface area contributed by atoms with E-state index in [1.54, 1.807) is 36.4 Å². The number of anilines is 1. The molecule has 0 aliphatic carbocycles. The molecule has 19 heavy (non-hydrogen) atoms. The highest BCUT2D eigenvalue weighted by molar-refractivity contribution is 7.89. The van der Waals surface area contributed by atoms with E-state index in [0.29, 0.717) is 10.7 Å². The van der Waals surface area contributed by atoms with Crippen LogP contribution in [0.3, 0.4) is 0 Å². The second-order valence-corrected chi connectivity index (χ2v) is 6.22. The summed E-state index contributed by atoms with van der Waals surface area (Å²) in [6.07, 6.45) is 0. The summed E-state index contributed by atoms with van der Waals surface area (Å²) in [6.45, 7) is 0.214. The first-order chi connectivity index (χ1) is 8.97. The zero-order valence-corrected chi connectivity index (χ0v) is 11.6. The topological polar surface area (TPSA) is 72.2 Å². The van der Waals surface area contributed by atoms with E-state index in [1.165, 1.54) is 12.1 Å². The summed E-state index contributed by atoms with van der Waals surface area (Å²) in [5.74, 6) is 0. The van der Waals surface area contributed by atoms with E-state index in [0.717, 1.165) is 5.56 Å². The van der Waals surface area contributed by atoms with Crippen LogP contribution in [0.5, 0.6) is 0 Å². The first-order valence-electron chi connectivity index (χ1n) is 5.57. The molecule has 4 nitrogen and oxygen atoms in total. The number of hydrogen-bond acceptors (Lipinski definition) is 3. The summed E-state index contributed by atoms with van der Waals surface area (Å²) >= 11 is 5.72. The summed E-state index contributed by atoms with van der Waals surface area (Å²) in [5.41, 5.74) is 7.05. The molecule has 0 unspecified atom stereocenters. The largest absolute Gasteiger partial charge is 0.399 e. The minimum atomic E-state index is -3.53. The average Bonchev–Trinajstić information content (AvgIpc) is 2.39. The van der Waals surface area contributed by atoms with Crippen molar-refractivity contribution in [3.05, 3.63) is 59.1 Å². The zero-order valence-electron chi connectivity index (χ0n) is 10.0. The van der Waals surface area contributed by atoms with Gasteiger partial charge < -0.3 is 5.73 Å². The number of benzene rings is 2. The molecule has 0 aliphatic heterocycles. The highest BCUT2D eigenvalue weighted by atomic mass is 35.5. The second-order valence-electron chi connectivity index (χ2n) is 4.02. The Kier molecular flexibility index (Phi) is 4.09. The van der Waals surface area contributed by atoms with Gasteiger partial charge in [-0.2, -0.15) is 0 Å². The van der Waals surface area contributed by atoms with E-state index in [-0.39, 0.29) is 11.4 Å². The molecule has 0 heterocycles. The Bertz CT molecular complexity index is 652. The quantitative estimate of drug-likeness (QED) is 0.851. The maximum atomic E-state index is 12.0. The third-order valence-electron chi connectivity index (χ3n) is 2.57. The Morgan fingerprint density at radius 3 is 2.16 bits per heavy atom. The van der Waals surface area contributed by atoms with Crippen LogP contribution in [0, 0.1) is 0 Å². The molecular formula is C13H13ClN2O2S. The molecule has 0 atom stereocenters. The van der Waals surface area contributed by atoms with Crippen LogP contribution in [0.4, 0.5) is 5.69 Å². The van der Waals surface area contributed by atoms with Crippen molar-refractivity contribution in [1.29, 1.82) is 0 Å². The molecule has 3 N–H and O–H groups in total. The van der Waals surface area contributed by atoms with Gasteiger partial charge in [-0.3, -0.25) is 0 Å². The normalized spacial score (nSPS) is 11.4.